The van der Waals surface area contributed by atoms with Crippen LogP contribution in [0.2, 0.25) is 0 Å². The maximum Gasteiger partial charge on any atom is 0.126 e. The number of rotatable bonds is 3. The summed E-state index contributed by atoms with van der Waals surface area (Å²) in [5.74, 6) is -0.0524. The van der Waals surface area contributed by atoms with Crippen molar-refractivity contribution in [3.8, 4) is 0 Å². The van der Waals surface area contributed by atoms with Gasteiger partial charge in [-0.3, -0.25) is 0 Å². The minimum absolute atomic E-state index is 0.0524. The fraction of sp³-hybridized carbons (Fsp3) is 0.538. The molecule has 0 bridgehead atoms. The maximum atomic E-state index is 13.2. The van der Waals surface area contributed by atoms with Gasteiger partial charge in [0.25, 0.3) is 0 Å². The summed E-state index contributed by atoms with van der Waals surface area (Å²) in [6.45, 7) is 8.09. The van der Waals surface area contributed by atoms with Crippen LogP contribution in [-0.2, 0) is 6.42 Å². The molecule has 0 nitrogen and oxygen atoms in total. The van der Waals surface area contributed by atoms with Gasteiger partial charge in [0.05, 0.1) is 0 Å². The lowest BCUT2D eigenvalue weighted by atomic mass is 10.0. The molecule has 1 heteroatoms. The normalized spacial score (nSPS) is 9.21. The molecule has 0 aromatic heterocycles. The third-order valence-electron chi connectivity index (χ3n) is 2.13. The average molecular weight is 196 g/mol. The van der Waals surface area contributed by atoms with Gasteiger partial charge in [-0.25, -0.2) is 4.39 Å². The van der Waals surface area contributed by atoms with E-state index < -0.39 is 0 Å². The summed E-state index contributed by atoms with van der Waals surface area (Å²) >= 11 is 0. The molecule has 0 saturated carbocycles. The van der Waals surface area contributed by atoms with E-state index in [1.54, 1.807) is 6.07 Å². The molecule has 0 saturated heterocycles. The number of benzene rings is 1. The van der Waals surface area contributed by atoms with Crippen LogP contribution in [-0.4, -0.2) is 0 Å². The highest BCUT2D eigenvalue weighted by atomic mass is 19.1. The largest absolute Gasteiger partial charge is 0.207 e. The van der Waals surface area contributed by atoms with Gasteiger partial charge in [0, 0.05) is 0 Å². The maximum absolute atomic E-state index is 13.2. The summed E-state index contributed by atoms with van der Waals surface area (Å²) in [6, 6.07) is 5.27. The Kier molecular flexibility index (Phi) is 7.09. The van der Waals surface area contributed by atoms with Gasteiger partial charge in [0.15, 0.2) is 0 Å². The van der Waals surface area contributed by atoms with Crippen molar-refractivity contribution >= 4 is 0 Å². The summed E-state index contributed by atoms with van der Waals surface area (Å²) in [5, 5.41) is 0. The smallest absolute Gasteiger partial charge is 0.126 e. The molecule has 0 spiro atoms. The van der Waals surface area contributed by atoms with Crippen LogP contribution in [0.25, 0.3) is 0 Å². The van der Waals surface area contributed by atoms with Gasteiger partial charge in [-0.2, -0.15) is 0 Å². The Morgan fingerprint density at radius 3 is 2.36 bits per heavy atom. The Balaban J connectivity index is 0.000000791. The molecular formula is C13H21F. The van der Waals surface area contributed by atoms with E-state index in [0.29, 0.717) is 0 Å². The Labute approximate surface area is 87.2 Å². The zero-order valence-corrected chi connectivity index (χ0v) is 9.73. The standard InChI is InChI=1S/C11H15F.C2H6/c1-3-4-7-10-9(2)6-5-8-11(10)12;1-2/h5-6,8H,3-4,7H2,1-2H3;1-2H3. The van der Waals surface area contributed by atoms with Gasteiger partial charge in [-0.1, -0.05) is 39.3 Å². The van der Waals surface area contributed by atoms with Crippen molar-refractivity contribution < 1.29 is 4.39 Å². The van der Waals surface area contributed by atoms with E-state index in [1.807, 2.05) is 26.8 Å². The summed E-state index contributed by atoms with van der Waals surface area (Å²) in [6.07, 6.45) is 3.06. The van der Waals surface area contributed by atoms with E-state index in [4.69, 9.17) is 0 Å². The molecule has 1 rings (SSSR count). The first kappa shape index (κ1) is 13.2. The van der Waals surface area contributed by atoms with Crippen LogP contribution in [0.5, 0.6) is 0 Å². The van der Waals surface area contributed by atoms with E-state index in [9.17, 15) is 4.39 Å². The van der Waals surface area contributed by atoms with E-state index in [0.717, 1.165) is 30.4 Å². The van der Waals surface area contributed by atoms with Crippen LogP contribution in [0.1, 0.15) is 44.7 Å². The molecule has 1 aromatic rings. The third-order valence-corrected chi connectivity index (χ3v) is 2.13. The molecule has 0 unspecified atom stereocenters. The van der Waals surface area contributed by atoms with Crippen molar-refractivity contribution in [1.29, 1.82) is 0 Å². The van der Waals surface area contributed by atoms with Crippen LogP contribution < -0.4 is 0 Å². The highest BCUT2D eigenvalue weighted by molar-refractivity contribution is 5.27. The average Bonchev–Trinajstić information content (AvgIpc) is 2.20. The van der Waals surface area contributed by atoms with E-state index in [2.05, 4.69) is 6.92 Å². The Bertz CT molecular complexity index is 233. The molecule has 0 N–H and O–H groups in total. The molecule has 1 aromatic carbocycles. The van der Waals surface area contributed by atoms with Crippen LogP contribution in [0.15, 0.2) is 18.2 Å². The summed E-state index contributed by atoms with van der Waals surface area (Å²) in [7, 11) is 0. The minimum atomic E-state index is -0.0524. The van der Waals surface area contributed by atoms with E-state index in [-0.39, 0.29) is 5.82 Å². The molecule has 0 heterocycles. The second-order valence-electron chi connectivity index (χ2n) is 3.14. The molecule has 0 amide bonds. The SMILES string of the molecule is CC.CCCCc1c(C)cccc1F. The lowest BCUT2D eigenvalue weighted by Crippen LogP contribution is -1.93. The van der Waals surface area contributed by atoms with Crippen molar-refractivity contribution in [3.63, 3.8) is 0 Å². The number of hydrogen-bond donors (Lipinski definition) is 0. The molecule has 0 aliphatic carbocycles. The first-order chi connectivity index (χ1) is 6.75. The van der Waals surface area contributed by atoms with Crippen molar-refractivity contribution in [1.82, 2.24) is 0 Å². The first-order valence-electron chi connectivity index (χ1n) is 5.49. The molecule has 0 radical (unpaired) electrons. The number of hydrogen-bond acceptors (Lipinski definition) is 0. The van der Waals surface area contributed by atoms with Gasteiger partial charge in [-0.05, 0) is 37.0 Å². The molecule has 0 aliphatic heterocycles. The Morgan fingerprint density at radius 1 is 1.21 bits per heavy atom. The van der Waals surface area contributed by atoms with Crippen LogP contribution in [0.3, 0.4) is 0 Å². The highest BCUT2D eigenvalue weighted by Crippen LogP contribution is 2.14. The second kappa shape index (κ2) is 7.54. The number of unbranched alkanes of at least 4 members (excludes halogenated alkanes) is 1. The van der Waals surface area contributed by atoms with Gasteiger partial charge >= 0.3 is 0 Å². The Hall–Kier alpha value is -0.850. The quantitative estimate of drug-likeness (QED) is 0.667. The summed E-state index contributed by atoms with van der Waals surface area (Å²) < 4.78 is 13.2. The van der Waals surface area contributed by atoms with E-state index in [1.165, 1.54) is 6.07 Å². The van der Waals surface area contributed by atoms with Gasteiger partial charge < -0.3 is 0 Å². The fourth-order valence-electron chi connectivity index (χ4n) is 1.34. The predicted octanol–water partition coefficient (Wildman–Crippen LogP) is 4.50. The number of halogens is 1. The number of aryl methyl sites for hydroxylation is 1. The molecule has 0 fully saturated rings. The molecular weight excluding hydrogens is 175 g/mol. The van der Waals surface area contributed by atoms with Crippen molar-refractivity contribution in [3.05, 3.63) is 35.1 Å². The van der Waals surface area contributed by atoms with Crippen LogP contribution in [0.4, 0.5) is 4.39 Å². The molecule has 14 heavy (non-hydrogen) atoms. The summed E-state index contributed by atoms with van der Waals surface area (Å²) in [4.78, 5) is 0. The molecule has 0 aliphatic rings. The minimum Gasteiger partial charge on any atom is -0.207 e. The van der Waals surface area contributed by atoms with E-state index >= 15 is 0 Å². The lowest BCUT2D eigenvalue weighted by molar-refractivity contribution is 0.601. The Morgan fingerprint density at radius 2 is 1.86 bits per heavy atom. The molecule has 0 atom stereocenters. The zero-order chi connectivity index (χ0) is 11.0. The third kappa shape index (κ3) is 3.91. The van der Waals surface area contributed by atoms with Crippen molar-refractivity contribution in [2.24, 2.45) is 0 Å². The van der Waals surface area contributed by atoms with Gasteiger partial charge in [0.1, 0.15) is 5.82 Å². The predicted molar refractivity (Wildman–Crippen MR) is 61.1 cm³/mol. The van der Waals surface area contributed by atoms with Crippen molar-refractivity contribution in [2.75, 3.05) is 0 Å². The zero-order valence-electron chi connectivity index (χ0n) is 9.73. The van der Waals surface area contributed by atoms with Crippen molar-refractivity contribution in [2.45, 2.75) is 47.0 Å². The topological polar surface area (TPSA) is 0 Å². The van der Waals surface area contributed by atoms with Gasteiger partial charge in [0.2, 0.25) is 0 Å². The highest BCUT2D eigenvalue weighted by Gasteiger charge is 2.03. The monoisotopic (exact) mass is 196 g/mol. The second-order valence-corrected chi connectivity index (χ2v) is 3.14. The summed E-state index contributed by atoms with van der Waals surface area (Å²) in [5.41, 5.74) is 1.96. The van der Waals surface area contributed by atoms with Crippen LogP contribution >= 0.6 is 0 Å². The van der Waals surface area contributed by atoms with Crippen LogP contribution in [0, 0.1) is 12.7 Å². The fourth-order valence-corrected chi connectivity index (χ4v) is 1.34. The first-order valence-corrected chi connectivity index (χ1v) is 5.49. The lowest BCUT2D eigenvalue weighted by Gasteiger charge is -2.05. The van der Waals surface area contributed by atoms with Gasteiger partial charge in [-0.15, -0.1) is 0 Å². The molecule has 80 valence electrons.